The van der Waals surface area contributed by atoms with Crippen molar-refractivity contribution in [2.75, 3.05) is 0 Å². The second-order valence-corrected chi connectivity index (χ2v) is 7.18. The Kier molecular flexibility index (Phi) is 8.35. The largest absolute Gasteiger partial charge is 0.134 e. The van der Waals surface area contributed by atoms with Crippen molar-refractivity contribution in [2.45, 2.75) is 76.8 Å². The Hall–Kier alpha value is 0.260. The van der Waals surface area contributed by atoms with Gasteiger partial charge in [0, 0.05) is 0 Å². The van der Waals surface area contributed by atoms with Gasteiger partial charge in [-0.1, -0.05) is 44.1 Å². The zero-order valence-electron chi connectivity index (χ0n) is 11.9. The second kappa shape index (κ2) is 9.21. The van der Waals surface area contributed by atoms with Gasteiger partial charge in [-0.05, 0) is 67.8 Å². The maximum absolute atomic E-state index is 5.47. The average molecular weight is 284 g/mol. The summed E-state index contributed by atoms with van der Waals surface area (Å²) in [6.07, 6.45) is 12.8. The highest BCUT2D eigenvalue weighted by Crippen LogP contribution is 2.33. The van der Waals surface area contributed by atoms with E-state index in [-0.39, 0.29) is 0 Å². The van der Waals surface area contributed by atoms with Crippen LogP contribution in [0.1, 0.15) is 71.1 Å². The molecule has 3 unspecified atom stereocenters. The Morgan fingerprint density at radius 2 is 1.94 bits per heavy atom. The molecule has 0 spiro atoms. The average Bonchev–Trinajstić information content (AvgIpc) is 2.38. The van der Waals surface area contributed by atoms with Gasteiger partial charge in [-0.3, -0.25) is 0 Å². The molecule has 0 saturated heterocycles. The van der Waals surface area contributed by atoms with Crippen LogP contribution in [0.25, 0.3) is 0 Å². The Balaban J connectivity index is 2.09. The molecule has 2 heteroatoms. The molecule has 0 aliphatic heterocycles. The summed E-state index contributed by atoms with van der Waals surface area (Å²) in [5.74, 6) is 0.942. The van der Waals surface area contributed by atoms with Gasteiger partial charge in [0.15, 0.2) is 0 Å². The lowest BCUT2D eigenvalue weighted by Crippen LogP contribution is -2.19. The molecule has 0 radical (unpaired) electrons. The first-order chi connectivity index (χ1) is 8.63. The van der Waals surface area contributed by atoms with Crippen LogP contribution in [0.2, 0.25) is 0 Å². The van der Waals surface area contributed by atoms with Crippen molar-refractivity contribution >= 4 is 26.3 Å². The fourth-order valence-electron chi connectivity index (χ4n) is 2.77. The molecule has 0 amide bonds. The van der Waals surface area contributed by atoms with E-state index in [1.807, 2.05) is 0 Å². The SMILES string of the molecule is C=C(CC)CCC(=S)CCCC1CCCCC1P. The molecule has 104 valence electrons. The smallest absolute Gasteiger partial charge is 0.00683 e. The Labute approximate surface area is 121 Å². The maximum atomic E-state index is 5.47. The van der Waals surface area contributed by atoms with Gasteiger partial charge < -0.3 is 0 Å². The molecule has 0 heterocycles. The van der Waals surface area contributed by atoms with E-state index >= 15 is 0 Å². The van der Waals surface area contributed by atoms with E-state index in [0.717, 1.165) is 37.3 Å². The molecule has 0 bridgehead atoms. The number of rotatable bonds is 8. The van der Waals surface area contributed by atoms with Gasteiger partial charge in [-0.15, -0.1) is 9.24 Å². The van der Waals surface area contributed by atoms with Crippen molar-refractivity contribution in [3.63, 3.8) is 0 Å². The predicted octanol–water partition coefficient (Wildman–Crippen LogP) is 5.71. The fourth-order valence-corrected chi connectivity index (χ4v) is 3.64. The molecule has 18 heavy (non-hydrogen) atoms. The third kappa shape index (κ3) is 6.43. The minimum atomic E-state index is 0.868. The molecule has 0 nitrogen and oxygen atoms in total. The molecule has 0 aromatic rings. The Bertz CT molecular complexity index is 272. The highest BCUT2D eigenvalue weighted by molar-refractivity contribution is 7.80. The highest BCUT2D eigenvalue weighted by Gasteiger charge is 2.20. The summed E-state index contributed by atoms with van der Waals surface area (Å²) >= 11 is 5.47. The number of hydrogen-bond acceptors (Lipinski definition) is 1. The van der Waals surface area contributed by atoms with Crippen molar-refractivity contribution in [3.8, 4) is 0 Å². The lowest BCUT2D eigenvalue weighted by atomic mass is 9.85. The van der Waals surface area contributed by atoms with Crippen molar-refractivity contribution in [1.82, 2.24) is 0 Å². The monoisotopic (exact) mass is 284 g/mol. The van der Waals surface area contributed by atoms with Gasteiger partial charge in [-0.25, -0.2) is 0 Å². The van der Waals surface area contributed by atoms with Crippen LogP contribution in [0.4, 0.5) is 0 Å². The summed E-state index contributed by atoms with van der Waals surface area (Å²) in [4.78, 5) is 1.26. The van der Waals surface area contributed by atoms with E-state index < -0.39 is 0 Å². The quantitative estimate of drug-likeness (QED) is 0.313. The first-order valence-corrected chi connectivity index (χ1v) is 8.65. The molecule has 1 fully saturated rings. The fraction of sp³-hybridized carbons (Fsp3) is 0.812. The molecular weight excluding hydrogens is 255 g/mol. The second-order valence-electron chi connectivity index (χ2n) is 5.74. The number of hydrogen-bond donors (Lipinski definition) is 0. The van der Waals surface area contributed by atoms with E-state index in [0.29, 0.717) is 0 Å². The van der Waals surface area contributed by atoms with E-state index in [4.69, 9.17) is 12.2 Å². The lowest BCUT2D eigenvalue weighted by molar-refractivity contribution is 0.345. The first-order valence-electron chi connectivity index (χ1n) is 7.57. The Morgan fingerprint density at radius 1 is 1.22 bits per heavy atom. The minimum absolute atomic E-state index is 0.868. The molecular formula is C16H29PS. The molecule has 0 N–H and O–H groups in total. The summed E-state index contributed by atoms with van der Waals surface area (Å²) in [6.45, 7) is 6.22. The zero-order valence-corrected chi connectivity index (χ0v) is 13.9. The van der Waals surface area contributed by atoms with Gasteiger partial charge in [0.1, 0.15) is 0 Å². The molecule has 0 aromatic heterocycles. The lowest BCUT2D eigenvalue weighted by Gasteiger charge is -2.28. The summed E-state index contributed by atoms with van der Waals surface area (Å²) in [6, 6.07) is 0. The van der Waals surface area contributed by atoms with Crippen LogP contribution in [-0.2, 0) is 0 Å². The van der Waals surface area contributed by atoms with Crippen LogP contribution < -0.4 is 0 Å². The summed E-state index contributed by atoms with van der Waals surface area (Å²) in [5.41, 5.74) is 2.21. The maximum Gasteiger partial charge on any atom is -0.00683 e. The topological polar surface area (TPSA) is 0 Å². The molecule has 1 rings (SSSR count). The van der Waals surface area contributed by atoms with E-state index in [1.54, 1.807) is 0 Å². The minimum Gasteiger partial charge on any atom is -0.134 e. The van der Waals surface area contributed by atoms with Gasteiger partial charge in [-0.2, -0.15) is 0 Å². The standard InChI is InChI=1S/C16H29PS/c1-3-13(2)11-12-15(18)9-6-8-14-7-4-5-10-16(14)17/h14,16H,2-12,17H2,1H3. The molecule has 3 atom stereocenters. The molecule has 1 aliphatic rings. The summed E-state index contributed by atoms with van der Waals surface area (Å²) in [7, 11) is 3.06. The van der Waals surface area contributed by atoms with Crippen LogP contribution in [0.5, 0.6) is 0 Å². The van der Waals surface area contributed by atoms with Crippen LogP contribution in [-0.4, -0.2) is 10.5 Å². The summed E-state index contributed by atoms with van der Waals surface area (Å²) in [5, 5.41) is 0. The van der Waals surface area contributed by atoms with E-state index in [1.165, 1.54) is 49.0 Å². The van der Waals surface area contributed by atoms with Crippen LogP contribution >= 0.6 is 21.5 Å². The number of allylic oxidation sites excluding steroid dienone is 1. The number of thiocarbonyl (C=S) groups is 1. The zero-order chi connectivity index (χ0) is 13.4. The molecule has 1 saturated carbocycles. The van der Waals surface area contributed by atoms with Crippen LogP contribution in [0, 0.1) is 5.92 Å². The summed E-state index contributed by atoms with van der Waals surface area (Å²) < 4.78 is 0. The van der Waals surface area contributed by atoms with Crippen molar-refractivity contribution in [1.29, 1.82) is 0 Å². The third-order valence-corrected chi connectivity index (χ3v) is 5.54. The highest BCUT2D eigenvalue weighted by atomic mass is 32.1. The molecule has 0 aromatic carbocycles. The van der Waals surface area contributed by atoms with Crippen molar-refractivity contribution in [3.05, 3.63) is 12.2 Å². The van der Waals surface area contributed by atoms with E-state index in [9.17, 15) is 0 Å². The third-order valence-electron chi connectivity index (χ3n) is 4.26. The van der Waals surface area contributed by atoms with Gasteiger partial charge in [0.05, 0.1) is 0 Å². The van der Waals surface area contributed by atoms with Crippen molar-refractivity contribution < 1.29 is 0 Å². The first kappa shape index (κ1) is 16.3. The van der Waals surface area contributed by atoms with Crippen LogP contribution in [0.3, 0.4) is 0 Å². The van der Waals surface area contributed by atoms with Crippen LogP contribution in [0.15, 0.2) is 12.2 Å². The Morgan fingerprint density at radius 3 is 2.61 bits per heavy atom. The molecule has 1 aliphatic carbocycles. The van der Waals surface area contributed by atoms with Crippen molar-refractivity contribution in [2.24, 2.45) is 5.92 Å². The van der Waals surface area contributed by atoms with Gasteiger partial charge in [0.2, 0.25) is 0 Å². The van der Waals surface area contributed by atoms with E-state index in [2.05, 4.69) is 22.7 Å². The van der Waals surface area contributed by atoms with Gasteiger partial charge in [0.25, 0.3) is 0 Å². The van der Waals surface area contributed by atoms with Gasteiger partial charge >= 0.3 is 0 Å². The predicted molar refractivity (Wildman–Crippen MR) is 90.6 cm³/mol. The normalized spacial score (nSPS) is 23.9.